The van der Waals surface area contributed by atoms with Crippen LogP contribution in [0.1, 0.15) is 12.8 Å². The number of hydrogen-bond acceptors (Lipinski definition) is 5. The second kappa shape index (κ2) is 10.3. The molecule has 1 aliphatic heterocycles. The van der Waals surface area contributed by atoms with E-state index in [1.54, 1.807) is 30.2 Å². The minimum Gasteiger partial charge on any atom is -0.497 e. The molecule has 1 aromatic heterocycles. The smallest absolute Gasteiger partial charge is 0.266 e. The zero-order valence-corrected chi connectivity index (χ0v) is 18.6. The number of carbonyl (C=O) groups excluding carboxylic acids is 1. The highest BCUT2D eigenvalue weighted by Crippen LogP contribution is 2.21. The first kappa shape index (κ1) is 22.5. The number of ether oxygens (including phenoxy) is 1. The van der Waals surface area contributed by atoms with Gasteiger partial charge in [0.25, 0.3) is 5.56 Å². The summed E-state index contributed by atoms with van der Waals surface area (Å²) in [4.78, 5) is 28.6. The van der Waals surface area contributed by atoms with E-state index in [1.165, 1.54) is 16.8 Å². The minimum atomic E-state index is -0.243. The first-order valence-corrected chi connectivity index (χ1v) is 11.0. The summed E-state index contributed by atoms with van der Waals surface area (Å²) in [5.74, 6) is 0.551. The summed E-state index contributed by atoms with van der Waals surface area (Å²) < 4.78 is 20.6. The molecule has 0 bridgehead atoms. The third-order valence-electron chi connectivity index (χ3n) is 5.84. The van der Waals surface area contributed by atoms with E-state index in [9.17, 15) is 14.0 Å². The predicted molar refractivity (Wildman–Crippen MR) is 125 cm³/mol. The summed E-state index contributed by atoms with van der Waals surface area (Å²) in [5.41, 5.74) is 1.95. The van der Waals surface area contributed by atoms with E-state index in [0.717, 1.165) is 11.3 Å². The lowest BCUT2D eigenvalue weighted by Crippen LogP contribution is -2.49. The number of piperazine rings is 1. The van der Waals surface area contributed by atoms with Gasteiger partial charge in [-0.3, -0.25) is 9.59 Å². The van der Waals surface area contributed by atoms with Crippen LogP contribution in [-0.2, 0) is 11.3 Å². The molecule has 33 heavy (non-hydrogen) atoms. The topological polar surface area (TPSA) is 67.7 Å². The number of para-hydroxylation sites is 1. The van der Waals surface area contributed by atoms with Crippen LogP contribution in [0.25, 0.3) is 11.3 Å². The fourth-order valence-electron chi connectivity index (χ4n) is 3.97. The number of benzene rings is 2. The van der Waals surface area contributed by atoms with Gasteiger partial charge in [-0.15, -0.1) is 0 Å². The number of nitrogens with zero attached hydrogens (tertiary/aromatic N) is 4. The largest absolute Gasteiger partial charge is 0.497 e. The van der Waals surface area contributed by atoms with E-state index in [2.05, 4.69) is 5.10 Å². The molecule has 0 unspecified atom stereocenters. The fraction of sp³-hybridized carbons (Fsp3) is 0.320. The Morgan fingerprint density at radius 2 is 1.73 bits per heavy atom. The maximum atomic E-state index is 14.0. The van der Waals surface area contributed by atoms with Crippen LogP contribution < -0.4 is 15.2 Å². The van der Waals surface area contributed by atoms with E-state index >= 15 is 0 Å². The molecule has 0 atom stereocenters. The molecule has 1 fully saturated rings. The van der Waals surface area contributed by atoms with Crippen LogP contribution in [0, 0.1) is 5.82 Å². The van der Waals surface area contributed by atoms with Gasteiger partial charge in [0.15, 0.2) is 0 Å². The number of methoxy groups -OCH3 is 1. The molecule has 0 radical (unpaired) electrons. The predicted octanol–water partition coefficient (Wildman–Crippen LogP) is 3.19. The van der Waals surface area contributed by atoms with Crippen molar-refractivity contribution in [2.75, 3.05) is 38.2 Å². The second-order valence-electron chi connectivity index (χ2n) is 7.93. The number of halogens is 1. The molecular formula is C25H27FN4O3. The number of aryl methyl sites for hydroxylation is 1. The Bertz CT molecular complexity index is 1150. The summed E-state index contributed by atoms with van der Waals surface area (Å²) >= 11 is 0. The Balaban J connectivity index is 1.30. The number of anilines is 1. The second-order valence-corrected chi connectivity index (χ2v) is 7.93. The average molecular weight is 451 g/mol. The lowest BCUT2D eigenvalue weighted by atomic mass is 10.1. The summed E-state index contributed by atoms with van der Waals surface area (Å²) in [7, 11) is 1.61. The monoisotopic (exact) mass is 450 g/mol. The molecule has 7 nitrogen and oxygen atoms in total. The molecule has 2 heterocycles. The van der Waals surface area contributed by atoms with Gasteiger partial charge < -0.3 is 14.5 Å². The zero-order chi connectivity index (χ0) is 23.2. The van der Waals surface area contributed by atoms with Crippen LogP contribution in [0.15, 0.2) is 65.5 Å². The Hall–Kier alpha value is -3.68. The van der Waals surface area contributed by atoms with E-state index in [0.29, 0.717) is 56.9 Å². The van der Waals surface area contributed by atoms with Crippen LogP contribution in [0.5, 0.6) is 5.75 Å². The maximum absolute atomic E-state index is 14.0. The van der Waals surface area contributed by atoms with Crippen LogP contribution in [-0.4, -0.2) is 53.9 Å². The van der Waals surface area contributed by atoms with Crippen molar-refractivity contribution in [3.8, 4) is 17.0 Å². The van der Waals surface area contributed by atoms with Crippen LogP contribution in [0.3, 0.4) is 0 Å². The number of hydrogen-bond donors (Lipinski definition) is 0. The van der Waals surface area contributed by atoms with E-state index in [4.69, 9.17) is 4.74 Å². The van der Waals surface area contributed by atoms with Gasteiger partial charge in [-0.1, -0.05) is 12.1 Å². The molecule has 1 amide bonds. The third-order valence-corrected chi connectivity index (χ3v) is 5.84. The highest BCUT2D eigenvalue weighted by atomic mass is 19.1. The lowest BCUT2D eigenvalue weighted by Gasteiger charge is -2.36. The number of rotatable bonds is 7. The molecule has 0 aliphatic carbocycles. The van der Waals surface area contributed by atoms with Gasteiger partial charge >= 0.3 is 0 Å². The SMILES string of the molecule is COc1ccc(-c2ccc(=O)n(CCCC(=O)N3CCN(c4ccccc4F)CC3)n2)cc1. The number of carbonyl (C=O) groups is 1. The van der Waals surface area contributed by atoms with Gasteiger partial charge in [0.1, 0.15) is 11.6 Å². The molecule has 0 saturated carbocycles. The zero-order valence-electron chi connectivity index (χ0n) is 18.6. The minimum absolute atomic E-state index is 0.0440. The molecule has 1 aliphatic rings. The van der Waals surface area contributed by atoms with Gasteiger partial charge in [0.05, 0.1) is 18.5 Å². The normalized spacial score (nSPS) is 13.8. The van der Waals surface area contributed by atoms with E-state index in [-0.39, 0.29) is 17.3 Å². The number of aromatic nitrogens is 2. The van der Waals surface area contributed by atoms with Gasteiger partial charge in [0.2, 0.25) is 5.91 Å². The van der Waals surface area contributed by atoms with Gasteiger partial charge in [0, 0.05) is 50.8 Å². The van der Waals surface area contributed by atoms with E-state index < -0.39 is 0 Å². The molecule has 172 valence electrons. The lowest BCUT2D eigenvalue weighted by molar-refractivity contribution is -0.131. The fourth-order valence-corrected chi connectivity index (χ4v) is 3.97. The van der Waals surface area contributed by atoms with Crippen molar-refractivity contribution in [1.82, 2.24) is 14.7 Å². The van der Waals surface area contributed by atoms with Crippen molar-refractivity contribution in [3.05, 3.63) is 76.8 Å². The molecule has 0 spiro atoms. The third kappa shape index (κ3) is 5.39. The summed E-state index contributed by atoms with van der Waals surface area (Å²) in [6.07, 6.45) is 0.853. The standard InChI is InChI=1S/C25H27FN4O3/c1-33-20-10-8-19(9-11-20)22-12-13-25(32)30(27-22)14-4-7-24(31)29-17-15-28(16-18-29)23-6-3-2-5-21(23)26/h2-3,5-6,8-13H,4,7,14-18H2,1H3. The molecule has 1 saturated heterocycles. The molecule has 0 N–H and O–H groups in total. The Morgan fingerprint density at radius 3 is 2.42 bits per heavy atom. The van der Waals surface area contributed by atoms with Gasteiger partial charge in [-0.05, 0) is 48.9 Å². The Kier molecular flexibility index (Phi) is 7.02. The molecule has 4 rings (SSSR count). The summed E-state index contributed by atoms with van der Waals surface area (Å²) in [6.45, 7) is 2.66. The van der Waals surface area contributed by atoms with Crippen molar-refractivity contribution in [2.24, 2.45) is 0 Å². The molecular weight excluding hydrogens is 423 g/mol. The van der Waals surface area contributed by atoms with Gasteiger partial charge in [-0.25, -0.2) is 9.07 Å². The maximum Gasteiger partial charge on any atom is 0.266 e. The van der Waals surface area contributed by atoms with Crippen molar-refractivity contribution in [3.63, 3.8) is 0 Å². The molecule has 3 aromatic rings. The summed E-state index contributed by atoms with van der Waals surface area (Å²) in [5, 5.41) is 4.46. The first-order chi connectivity index (χ1) is 16.0. The quantitative estimate of drug-likeness (QED) is 0.553. The van der Waals surface area contributed by atoms with Crippen molar-refractivity contribution in [2.45, 2.75) is 19.4 Å². The average Bonchev–Trinajstić information content (AvgIpc) is 2.85. The highest BCUT2D eigenvalue weighted by Gasteiger charge is 2.22. The van der Waals surface area contributed by atoms with Gasteiger partial charge in [-0.2, -0.15) is 5.10 Å². The van der Waals surface area contributed by atoms with Crippen molar-refractivity contribution in [1.29, 1.82) is 0 Å². The Morgan fingerprint density at radius 1 is 1.00 bits per heavy atom. The van der Waals surface area contributed by atoms with Crippen LogP contribution in [0.2, 0.25) is 0 Å². The summed E-state index contributed by atoms with van der Waals surface area (Å²) in [6, 6.07) is 17.4. The Labute approximate surface area is 192 Å². The first-order valence-electron chi connectivity index (χ1n) is 11.0. The van der Waals surface area contributed by atoms with E-state index in [1.807, 2.05) is 35.2 Å². The van der Waals surface area contributed by atoms with Crippen molar-refractivity contribution >= 4 is 11.6 Å². The highest BCUT2D eigenvalue weighted by molar-refractivity contribution is 5.76. The molecule has 2 aromatic carbocycles. The van der Waals surface area contributed by atoms with Crippen LogP contribution in [0.4, 0.5) is 10.1 Å². The van der Waals surface area contributed by atoms with Crippen molar-refractivity contribution < 1.29 is 13.9 Å². The molecule has 8 heteroatoms. The van der Waals surface area contributed by atoms with Crippen LogP contribution >= 0.6 is 0 Å². The number of amides is 1.